The standard InChI is InChI=1S/C21H34N4O2/c1-16(17-9-7-6-8-10-17)24-21(2,3)15-23-20(22-4)25-13-11-18(12-14-25)19(26)27-5/h6-10,16,18,24H,11-15H2,1-5H3,(H,22,23). The fraction of sp³-hybridized carbons (Fsp3) is 0.619. The molecular formula is C21H34N4O2. The van der Waals surface area contributed by atoms with Crippen molar-refractivity contribution >= 4 is 11.9 Å². The van der Waals surface area contributed by atoms with Crippen LogP contribution in [-0.2, 0) is 9.53 Å². The van der Waals surface area contributed by atoms with Gasteiger partial charge >= 0.3 is 5.97 Å². The zero-order chi connectivity index (χ0) is 19.9. The van der Waals surface area contributed by atoms with Gasteiger partial charge in [0, 0.05) is 38.3 Å². The molecule has 0 bridgehead atoms. The predicted molar refractivity (Wildman–Crippen MR) is 110 cm³/mol. The highest BCUT2D eigenvalue weighted by molar-refractivity contribution is 5.80. The van der Waals surface area contributed by atoms with E-state index in [2.05, 4.69) is 65.6 Å². The van der Waals surface area contributed by atoms with Crippen molar-refractivity contribution in [2.75, 3.05) is 33.8 Å². The number of piperidine rings is 1. The number of carbonyl (C=O) groups is 1. The molecule has 1 unspecified atom stereocenters. The number of nitrogens with zero attached hydrogens (tertiary/aromatic N) is 2. The number of hydrogen-bond acceptors (Lipinski definition) is 4. The molecule has 2 rings (SSSR count). The average Bonchev–Trinajstić information content (AvgIpc) is 2.68. The van der Waals surface area contributed by atoms with E-state index in [0.29, 0.717) is 0 Å². The number of benzene rings is 1. The molecule has 27 heavy (non-hydrogen) atoms. The van der Waals surface area contributed by atoms with Crippen molar-refractivity contribution in [1.82, 2.24) is 15.5 Å². The fourth-order valence-corrected chi connectivity index (χ4v) is 3.59. The summed E-state index contributed by atoms with van der Waals surface area (Å²) in [6.45, 7) is 8.95. The lowest BCUT2D eigenvalue weighted by Crippen LogP contribution is -2.54. The summed E-state index contributed by atoms with van der Waals surface area (Å²) in [5.41, 5.74) is 1.18. The van der Waals surface area contributed by atoms with Crippen molar-refractivity contribution in [3.05, 3.63) is 35.9 Å². The van der Waals surface area contributed by atoms with Gasteiger partial charge in [-0.25, -0.2) is 0 Å². The molecule has 1 aliphatic heterocycles. The average molecular weight is 375 g/mol. The molecule has 6 heteroatoms. The summed E-state index contributed by atoms with van der Waals surface area (Å²) >= 11 is 0. The van der Waals surface area contributed by atoms with Crippen molar-refractivity contribution in [2.24, 2.45) is 10.9 Å². The van der Waals surface area contributed by atoms with Crippen LogP contribution in [0.5, 0.6) is 0 Å². The van der Waals surface area contributed by atoms with Gasteiger partial charge < -0.3 is 20.3 Å². The molecule has 1 heterocycles. The summed E-state index contributed by atoms with van der Waals surface area (Å²) < 4.78 is 4.87. The molecule has 0 amide bonds. The summed E-state index contributed by atoms with van der Waals surface area (Å²) in [6.07, 6.45) is 1.61. The largest absolute Gasteiger partial charge is 0.469 e. The van der Waals surface area contributed by atoms with Gasteiger partial charge in [-0.15, -0.1) is 0 Å². The molecule has 0 radical (unpaired) electrons. The van der Waals surface area contributed by atoms with Crippen LogP contribution in [0.25, 0.3) is 0 Å². The number of nitrogens with one attached hydrogen (secondary N) is 2. The van der Waals surface area contributed by atoms with E-state index in [1.54, 1.807) is 0 Å². The molecule has 1 fully saturated rings. The van der Waals surface area contributed by atoms with Crippen molar-refractivity contribution in [3.8, 4) is 0 Å². The zero-order valence-corrected chi connectivity index (χ0v) is 17.3. The molecule has 0 saturated carbocycles. The smallest absolute Gasteiger partial charge is 0.308 e. The van der Waals surface area contributed by atoms with E-state index in [-0.39, 0.29) is 23.5 Å². The highest BCUT2D eigenvalue weighted by Crippen LogP contribution is 2.19. The third-order valence-corrected chi connectivity index (χ3v) is 5.14. The van der Waals surface area contributed by atoms with E-state index in [0.717, 1.165) is 38.4 Å². The number of hydrogen-bond donors (Lipinski definition) is 2. The number of ether oxygens (including phenoxy) is 1. The minimum absolute atomic E-state index is 0.00851. The Balaban J connectivity index is 1.85. The fourth-order valence-electron chi connectivity index (χ4n) is 3.59. The first-order chi connectivity index (χ1) is 12.9. The second-order valence-corrected chi connectivity index (χ2v) is 7.85. The lowest BCUT2D eigenvalue weighted by Gasteiger charge is -2.36. The van der Waals surface area contributed by atoms with Gasteiger partial charge in [-0.3, -0.25) is 9.79 Å². The van der Waals surface area contributed by atoms with E-state index >= 15 is 0 Å². The lowest BCUT2D eigenvalue weighted by molar-refractivity contribution is -0.146. The molecule has 2 N–H and O–H groups in total. The Labute approximate surface area is 163 Å². The van der Waals surface area contributed by atoms with Gasteiger partial charge in [0.2, 0.25) is 0 Å². The van der Waals surface area contributed by atoms with Crippen LogP contribution < -0.4 is 10.6 Å². The first-order valence-corrected chi connectivity index (χ1v) is 9.72. The van der Waals surface area contributed by atoms with Crippen LogP contribution in [0.15, 0.2) is 35.3 Å². The van der Waals surface area contributed by atoms with E-state index < -0.39 is 0 Å². The number of guanidine groups is 1. The topological polar surface area (TPSA) is 66.0 Å². The number of esters is 1. The van der Waals surface area contributed by atoms with E-state index in [1.807, 2.05) is 13.1 Å². The Hall–Kier alpha value is -2.08. The maximum Gasteiger partial charge on any atom is 0.308 e. The van der Waals surface area contributed by atoms with Crippen LogP contribution in [0.4, 0.5) is 0 Å². The van der Waals surface area contributed by atoms with Crippen LogP contribution in [0.3, 0.4) is 0 Å². The van der Waals surface area contributed by atoms with Crippen molar-refractivity contribution in [3.63, 3.8) is 0 Å². The maximum absolute atomic E-state index is 11.7. The molecule has 1 aromatic carbocycles. The Morgan fingerprint density at radius 3 is 2.48 bits per heavy atom. The third-order valence-electron chi connectivity index (χ3n) is 5.14. The SMILES string of the molecule is CN=C(NCC(C)(C)NC(C)c1ccccc1)N1CCC(C(=O)OC)CC1. The molecule has 1 atom stereocenters. The van der Waals surface area contributed by atoms with Gasteiger partial charge in [0.15, 0.2) is 5.96 Å². The number of likely N-dealkylation sites (tertiary alicyclic amines) is 1. The molecular weight excluding hydrogens is 340 g/mol. The second-order valence-electron chi connectivity index (χ2n) is 7.85. The maximum atomic E-state index is 11.7. The van der Waals surface area contributed by atoms with Gasteiger partial charge in [-0.1, -0.05) is 30.3 Å². The molecule has 0 aliphatic carbocycles. The summed E-state index contributed by atoms with van der Waals surface area (Å²) in [4.78, 5) is 18.3. The minimum atomic E-state index is -0.102. The molecule has 0 spiro atoms. The molecule has 1 saturated heterocycles. The predicted octanol–water partition coefficient (Wildman–Crippen LogP) is 2.58. The Morgan fingerprint density at radius 1 is 1.30 bits per heavy atom. The van der Waals surface area contributed by atoms with Gasteiger partial charge in [-0.2, -0.15) is 0 Å². The third kappa shape index (κ3) is 6.24. The number of rotatable bonds is 6. The van der Waals surface area contributed by atoms with Gasteiger partial charge in [0.05, 0.1) is 13.0 Å². The van der Waals surface area contributed by atoms with Crippen LogP contribution in [-0.4, -0.2) is 56.2 Å². The Morgan fingerprint density at radius 2 is 1.93 bits per heavy atom. The molecule has 1 aliphatic rings. The quantitative estimate of drug-likeness (QED) is 0.455. The van der Waals surface area contributed by atoms with E-state index in [4.69, 9.17) is 4.74 Å². The van der Waals surface area contributed by atoms with Crippen LogP contribution in [0.2, 0.25) is 0 Å². The van der Waals surface area contributed by atoms with E-state index in [1.165, 1.54) is 12.7 Å². The molecule has 1 aromatic rings. The summed E-state index contributed by atoms with van der Waals surface area (Å²) in [5.74, 6) is 0.799. The Bertz CT molecular complexity index is 622. The summed E-state index contributed by atoms with van der Waals surface area (Å²) in [6, 6.07) is 10.7. The normalized spacial score (nSPS) is 17.5. The first-order valence-electron chi connectivity index (χ1n) is 9.72. The van der Waals surface area contributed by atoms with Gasteiger partial charge in [0.1, 0.15) is 0 Å². The second kappa shape index (κ2) is 9.74. The highest BCUT2D eigenvalue weighted by Gasteiger charge is 2.28. The minimum Gasteiger partial charge on any atom is -0.469 e. The van der Waals surface area contributed by atoms with Crippen molar-refractivity contribution in [2.45, 2.75) is 45.2 Å². The first kappa shape index (κ1) is 21.2. The van der Waals surface area contributed by atoms with Crippen molar-refractivity contribution < 1.29 is 9.53 Å². The van der Waals surface area contributed by atoms with E-state index in [9.17, 15) is 4.79 Å². The van der Waals surface area contributed by atoms with Crippen LogP contribution >= 0.6 is 0 Å². The lowest BCUT2D eigenvalue weighted by atomic mass is 9.97. The van der Waals surface area contributed by atoms with Gasteiger partial charge in [-0.05, 0) is 39.2 Å². The summed E-state index contributed by atoms with van der Waals surface area (Å²) in [5, 5.41) is 7.18. The number of methoxy groups -OCH3 is 1. The van der Waals surface area contributed by atoms with Crippen molar-refractivity contribution in [1.29, 1.82) is 0 Å². The van der Waals surface area contributed by atoms with Crippen LogP contribution in [0.1, 0.15) is 45.2 Å². The number of carbonyl (C=O) groups excluding carboxylic acids is 1. The highest BCUT2D eigenvalue weighted by atomic mass is 16.5. The number of aliphatic imine (C=N–C) groups is 1. The molecule has 150 valence electrons. The monoisotopic (exact) mass is 374 g/mol. The van der Waals surface area contributed by atoms with Crippen LogP contribution in [0, 0.1) is 5.92 Å². The molecule has 6 nitrogen and oxygen atoms in total. The molecule has 0 aromatic heterocycles. The summed E-state index contributed by atoms with van der Waals surface area (Å²) in [7, 11) is 3.27. The zero-order valence-electron chi connectivity index (χ0n) is 17.3. The van der Waals surface area contributed by atoms with Gasteiger partial charge in [0.25, 0.3) is 0 Å². The Kier molecular flexibility index (Phi) is 7.66.